The van der Waals surface area contributed by atoms with Crippen LogP contribution < -0.4 is 5.73 Å². The number of fused-ring (bicyclic) bond motifs is 1. The Labute approximate surface area is 196 Å². The zero-order valence-electron chi connectivity index (χ0n) is 16.7. The Morgan fingerprint density at radius 3 is 2.94 bits per heavy atom. The second kappa shape index (κ2) is 8.77. The van der Waals surface area contributed by atoms with E-state index >= 15 is 0 Å². The Morgan fingerprint density at radius 1 is 1.30 bits per heavy atom. The molecule has 0 amide bonds. The molecule has 1 aromatic carbocycles. The van der Waals surface area contributed by atoms with Crippen molar-refractivity contribution in [1.29, 1.82) is 0 Å². The molecule has 2 unspecified atom stereocenters. The second-order valence-corrected chi connectivity index (χ2v) is 10.8. The molecule has 5 rings (SSSR count). The lowest BCUT2D eigenvalue weighted by molar-refractivity contribution is -0.0488. The number of nitrogens with zero attached hydrogens (tertiary/aromatic N) is 4. The molecule has 15 heteroatoms. The highest BCUT2D eigenvalue weighted by molar-refractivity contribution is 8.07. The third-order valence-corrected chi connectivity index (χ3v) is 7.91. The molecule has 0 bridgehead atoms. The summed E-state index contributed by atoms with van der Waals surface area (Å²) in [6.07, 6.45) is -2.74. The zero-order chi connectivity index (χ0) is 23.3. The summed E-state index contributed by atoms with van der Waals surface area (Å²) in [7, 11) is 0. The van der Waals surface area contributed by atoms with E-state index in [0.717, 1.165) is 0 Å². The lowest BCUT2D eigenvalue weighted by atomic mass is 10.1. The number of benzene rings is 1. The molecule has 4 N–H and O–H groups in total. The first kappa shape index (κ1) is 23.0. The largest absolute Gasteiger partial charge is 0.387 e. The van der Waals surface area contributed by atoms with Gasteiger partial charge in [-0.2, -0.15) is 0 Å². The minimum absolute atomic E-state index is 0.0178. The third-order valence-electron chi connectivity index (χ3n) is 5.34. The van der Waals surface area contributed by atoms with Crippen LogP contribution >= 0.6 is 18.3 Å². The van der Waals surface area contributed by atoms with Crippen molar-refractivity contribution in [3.63, 3.8) is 0 Å². The van der Waals surface area contributed by atoms with Gasteiger partial charge in [-0.25, -0.2) is 19.3 Å². The van der Waals surface area contributed by atoms with Gasteiger partial charge >= 0.3 is 6.72 Å². The summed E-state index contributed by atoms with van der Waals surface area (Å²) in [5.74, 6) is -0.334. The van der Waals surface area contributed by atoms with E-state index in [1.165, 1.54) is 35.4 Å². The van der Waals surface area contributed by atoms with Crippen LogP contribution in [0, 0.1) is 5.82 Å². The molecule has 0 spiro atoms. The van der Waals surface area contributed by atoms with Gasteiger partial charge in [0.25, 0.3) is 0 Å². The summed E-state index contributed by atoms with van der Waals surface area (Å²) in [5.41, 5.74) is 6.67. The van der Waals surface area contributed by atoms with Crippen LogP contribution in [0.3, 0.4) is 0 Å². The van der Waals surface area contributed by atoms with Crippen molar-refractivity contribution < 1.29 is 32.9 Å². The Kier molecular flexibility index (Phi) is 6.10. The van der Waals surface area contributed by atoms with Crippen molar-refractivity contribution in [1.82, 2.24) is 19.5 Å². The molecule has 2 aromatic heterocycles. The number of hydrogen-bond acceptors (Lipinski definition) is 11. The van der Waals surface area contributed by atoms with E-state index in [1.54, 1.807) is 0 Å². The van der Waals surface area contributed by atoms with Gasteiger partial charge in [-0.15, -0.1) is 0 Å². The monoisotopic (exact) mass is 517 g/mol. The number of rotatable bonds is 5. The zero-order valence-corrected chi connectivity index (χ0v) is 19.2. The second-order valence-electron chi connectivity index (χ2n) is 7.43. The molecule has 11 nitrogen and oxygen atoms in total. The van der Waals surface area contributed by atoms with E-state index in [-0.39, 0.29) is 24.6 Å². The van der Waals surface area contributed by atoms with Gasteiger partial charge in [0.2, 0.25) is 0 Å². The summed E-state index contributed by atoms with van der Waals surface area (Å²) < 4.78 is 38.3. The predicted molar refractivity (Wildman–Crippen MR) is 117 cm³/mol. The summed E-state index contributed by atoms with van der Waals surface area (Å²) >= 11 is 11.3. The molecule has 0 saturated carbocycles. The molecular formula is C18H18ClFN5O6PS. The van der Waals surface area contributed by atoms with Gasteiger partial charge in [-0.1, -0.05) is 11.6 Å². The number of anilines is 1. The van der Waals surface area contributed by atoms with Crippen LogP contribution in [0.4, 0.5) is 10.2 Å². The van der Waals surface area contributed by atoms with Crippen LogP contribution in [0.1, 0.15) is 17.9 Å². The molecule has 2 aliphatic heterocycles. The summed E-state index contributed by atoms with van der Waals surface area (Å²) in [6.45, 7) is -3.51. The third kappa shape index (κ3) is 4.25. The SMILES string of the molecule is Nc1ncnc2c1ncn2[C@@H]1O[C@H](COP2(=S)OCC(c3cc(Cl)ccc3F)O2)[C@@H](O)[C@H]1O. The Balaban J connectivity index is 1.27. The maximum Gasteiger partial charge on any atom is 0.328 e. The van der Waals surface area contributed by atoms with Gasteiger partial charge in [-0.05, 0) is 30.0 Å². The molecule has 0 aliphatic carbocycles. The van der Waals surface area contributed by atoms with Gasteiger partial charge < -0.3 is 29.7 Å². The fraction of sp³-hybridized carbons (Fsp3) is 0.389. The molecule has 2 aliphatic rings. The molecule has 0 radical (unpaired) electrons. The fourth-order valence-corrected chi connectivity index (χ4v) is 5.86. The maximum absolute atomic E-state index is 14.2. The number of nitrogen functional groups attached to an aromatic ring is 1. The Hall–Kier alpha value is -1.80. The van der Waals surface area contributed by atoms with E-state index < -0.39 is 43.2 Å². The number of nitrogens with two attached hydrogens (primary N) is 1. The number of ether oxygens (including phenoxy) is 1. The van der Waals surface area contributed by atoms with E-state index in [9.17, 15) is 14.6 Å². The number of aliphatic hydroxyl groups excluding tert-OH is 2. The highest BCUT2D eigenvalue weighted by Crippen LogP contribution is 2.59. The molecule has 6 atom stereocenters. The van der Waals surface area contributed by atoms with Crippen LogP contribution in [0.15, 0.2) is 30.9 Å². The standard InChI is InChI=1S/C18H18ClFN5O6PS/c19-8-1-2-10(20)9(3-8)11-4-28-32(33,31-11)29-5-12-14(26)15(27)18(30-12)25-7-24-13-16(21)22-6-23-17(13)25/h1-3,6-7,11-12,14-15,18,26-27H,4-5H2,(H2,21,22,23)/t11?,12-,14-,15-,18-,32?/m1/s1. The summed E-state index contributed by atoms with van der Waals surface area (Å²) in [5, 5.41) is 21.4. The average molecular weight is 518 g/mol. The van der Waals surface area contributed by atoms with Crippen LogP contribution in [-0.2, 0) is 30.1 Å². The van der Waals surface area contributed by atoms with Gasteiger partial charge in [0.05, 0.1) is 19.5 Å². The highest BCUT2D eigenvalue weighted by atomic mass is 35.5. The van der Waals surface area contributed by atoms with Crippen LogP contribution in [0.2, 0.25) is 5.02 Å². The van der Waals surface area contributed by atoms with Gasteiger partial charge in [-0.3, -0.25) is 9.09 Å². The van der Waals surface area contributed by atoms with E-state index in [2.05, 4.69) is 15.0 Å². The maximum atomic E-state index is 14.2. The number of aromatic nitrogens is 4. The lowest BCUT2D eigenvalue weighted by Gasteiger charge is -2.19. The fourth-order valence-electron chi connectivity index (χ4n) is 3.67. The normalized spacial score (nSPS) is 32.1. The van der Waals surface area contributed by atoms with Crippen LogP contribution in [0.25, 0.3) is 11.2 Å². The van der Waals surface area contributed by atoms with E-state index in [1.807, 2.05) is 0 Å². The summed E-state index contributed by atoms with van der Waals surface area (Å²) in [6, 6.07) is 4.09. The molecule has 3 aromatic rings. The average Bonchev–Trinajstić information content (AvgIpc) is 3.47. The van der Waals surface area contributed by atoms with E-state index in [0.29, 0.717) is 16.2 Å². The lowest BCUT2D eigenvalue weighted by Crippen LogP contribution is -2.33. The number of halogens is 2. The van der Waals surface area contributed by atoms with E-state index in [4.69, 9.17) is 47.4 Å². The number of aliphatic hydroxyl groups is 2. The Morgan fingerprint density at radius 2 is 2.12 bits per heavy atom. The highest BCUT2D eigenvalue weighted by Gasteiger charge is 2.46. The quantitative estimate of drug-likeness (QED) is 0.426. The molecule has 2 saturated heterocycles. The van der Waals surface area contributed by atoms with Crippen molar-refractivity contribution in [3.8, 4) is 0 Å². The van der Waals surface area contributed by atoms with Crippen LogP contribution in [-0.4, -0.2) is 61.3 Å². The summed E-state index contributed by atoms with van der Waals surface area (Å²) in [4.78, 5) is 12.1. The first-order chi connectivity index (χ1) is 15.8. The van der Waals surface area contributed by atoms with Crippen molar-refractivity contribution in [2.75, 3.05) is 18.9 Å². The molecule has 2 fully saturated rings. The van der Waals surface area contributed by atoms with Crippen LogP contribution in [0.5, 0.6) is 0 Å². The topological polar surface area (TPSA) is 147 Å². The van der Waals surface area contributed by atoms with Crippen molar-refractivity contribution in [2.24, 2.45) is 0 Å². The minimum atomic E-state index is -3.26. The number of imidazole rings is 1. The van der Waals surface area contributed by atoms with Gasteiger partial charge in [0, 0.05) is 10.6 Å². The first-order valence-corrected chi connectivity index (χ1v) is 12.7. The molecular weight excluding hydrogens is 500 g/mol. The molecule has 33 heavy (non-hydrogen) atoms. The van der Waals surface area contributed by atoms with Crippen molar-refractivity contribution >= 4 is 47.1 Å². The van der Waals surface area contributed by atoms with Gasteiger partial charge in [0.15, 0.2) is 17.7 Å². The molecule has 4 heterocycles. The predicted octanol–water partition coefficient (Wildman–Crippen LogP) is 1.85. The minimum Gasteiger partial charge on any atom is -0.387 e. The smallest absolute Gasteiger partial charge is 0.328 e. The molecule has 176 valence electrons. The Bertz CT molecular complexity index is 1250. The van der Waals surface area contributed by atoms with Crippen molar-refractivity contribution in [3.05, 3.63) is 47.3 Å². The van der Waals surface area contributed by atoms with Crippen molar-refractivity contribution in [2.45, 2.75) is 30.6 Å². The van der Waals surface area contributed by atoms with Gasteiger partial charge in [0.1, 0.15) is 42.1 Å². The first-order valence-electron chi connectivity index (χ1n) is 9.73. The number of hydrogen-bond donors (Lipinski definition) is 3.